The minimum atomic E-state index is -4.65. The molecule has 1 N–H and O–H groups in total. The Balaban J connectivity index is 1.46. The summed E-state index contributed by atoms with van der Waals surface area (Å²) >= 11 is 0. The monoisotopic (exact) mass is 426 g/mol. The molecule has 2 aromatic rings. The third kappa shape index (κ3) is 6.35. The Labute approximate surface area is 171 Å². The van der Waals surface area contributed by atoms with Crippen molar-refractivity contribution in [1.29, 1.82) is 0 Å². The molecule has 1 saturated heterocycles. The number of amides is 1. The maximum absolute atomic E-state index is 13.4. The van der Waals surface area contributed by atoms with Gasteiger partial charge >= 0.3 is 12.3 Å². The summed E-state index contributed by atoms with van der Waals surface area (Å²) in [4.78, 5) is 13.9. The molecule has 1 amide bonds. The average molecular weight is 426 g/mol. The van der Waals surface area contributed by atoms with Gasteiger partial charge in [-0.2, -0.15) is 13.2 Å². The average Bonchev–Trinajstić information content (AvgIpc) is 2.72. The van der Waals surface area contributed by atoms with Crippen LogP contribution in [0.1, 0.15) is 17.5 Å². The number of carbonyl (C=O) groups is 1. The summed E-state index contributed by atoms with van der Waals surface area (Å²) in [6.07, 6.45) is -4.64. The first-order valence-electron chi connectivity index (χ1n) is 9.51. The third-order valence-corrected chi connectivity index (χ3v) is 4.65. The molecular weight excluding hydrogens is 404 g/mol. The van der Waals surface area contributed by atoms with Crippen LogP contribution in [0, 0.1) is 5.82 Å². The van der Waals surface area contributed by atoms with Crippen LogP contribution in [0.25, 0.3) is 0 Å². The lowest BCUT2D eigenvalue weighted by Crippen LogP contribution is -2.53. The van der Waals surface area contributed by atoms with E-state index < -0.39 is 23.7 Å². The standard InChI is InChI=1S/C21H22F4N2O3/c22-17-10-16(21(23,24)25)11-19(12-17)29-9-6-18-13-27(8-7-26-18)20(28)30-14-15-4-2-1-3-5-15/h1-5,10-12,18,26H,6-9,13-14H2/t18-/m1/s1. The quantitative estimate of drug-likeness (QED) is 0.703. The maximum Gasteiger partial charge on any atom is 0.416 e. The van der Waals surface area contributed by atoms with Crippen molar-refractivity contribution in [3.63, 3.8) is 0 Å². The highest BCUT2D eigenvalue weighted by atomic mass is 19.4. The Morgan fingerprint density at radius 3 is 2.67 bits per heavy atom. The van der Waals surface area contributed by atoms with E-state index in [1.54, 1.807) is 4.90 Å². The van der Waals surface area contributed by atoms with Gasteiger partial charge in [0.25, 0.3) is 0 Å². The van der Waals surface area contributed by atoms with Gasteiger partial charge in [-0.3, -0.25) is 0 Å². The van der Waals surface area contributed by atoms with Crippen LogP contribution in [0.2, 0.25) is 0 Å². The molecule has 1 aliphatic rings. The summed E-state index contributed by atoms with van der Waals surface area (Å²) in [6, 6.07) is 11.3. The number of carbonyl (C=O) groups excluding carboxylic acids is 1. The molecule has 9 heteroatoms. The van der Waals surface area contributed by atoms with Gasteiger partial charge in [-0.05, 0) is 24.1 Å². The van der Waals surface area contributed by atoms with Crippen LogP contribution in [0.15, 0.2) is 48.5 Å². The van der Waals surface area contributed by atoms with Crippen molar-refractivity contribution < 1.29 is 31.8 Å². The van der Waals surface area contributed by atoms with E-state index in [9.17, 15) is 22.4 Å². The van der Waals surface area contributed by atoms with E-state index in [0.717, 1.165) is 17.7 Å². The molecule has 2 aromatic carbocycles. The molecule has 5 nitrogen and oxygen atoms in total. The lowest BCUT2D eigenvalue weighted by Gasteiger charge is -2.33. The largest absolute Gasteiger partial charge is 0.493 e. The van der Waals surface area contributed by atoms with Gasteiger partial charge in [-0.25, -0.2) is 9.18 Å². The number of piperazine rings is 1. The molecule has 0 radical (unpaired) electrons. The molecule has 0 saturated carbocycles. The van der Waals surface area contributed by atoms with Gasteiger partial charge < -0.3 is 19.7 Å². The second-order valence-corrected chi connectivity index (χ2v) is 6.95. The number of hydrogen-bond donors (Lipinski definition) is 1. The van der Waals surface area contributed by atoms with Crippen molar-refractivity contribution in [1.82, 2.24) is 10.2 Å². The van der Waals surface area contributed by atoms with E-state index in [0.29, 0.717) is 32.1 Å². The zero-order chi connectivity index (χ0) is 21.6. The Morgan fingerprint density at radius 2 is 1.93 bits per heavy atom. The first kappa shape index (κ1) is 21.9. The molecule has 0 bridgehead atoms. The van der Waals surface area contributed by atoms with Gasteiger partial charge in [0.05, 0.1) is 12.2 Å². The van der Waals surface area contributed by atoms with Gasteiger partial charge in [-0.15, -0.1) is 0 Å². The topological polar surface area (TPSA) is 50.8 Å². The van der Waals surface area contributed by atoms with Crippen molar-refractivity contribution in [3.05, 3.63) is 65.5 Å². The highest BCUT2D eigenvalue weighted by molar-refractivity contribution is 5.67. The summed E-state index contributed by atoms with van der Waals surface area (Å²) in [5.74, 6) is -1.19. The van der Waals surface area contributed by atoms with E-state index in [4.69, 9.17) is 9.47 Å². The Morgan fingerprint density at radius 1 is 1.17 bits per heavy atom. The van der Waals surface area contributed by atoms with Crippen LogP contribution in [0.3, 0.4) is 0 Å². The molecule has 0 aromatic heterocycles. The highest BCUT2D eigenvalue weighted by Crippen LogP contribution is 2.32. The summed E-state index contributed by atoms with van der Waals surface area (Å²) in [5.41, 5.74) is -0.208. The van der Waals surface area contributed by atoms with E-state index in [1.807, 2.05) is 30.3 Å². The SMILES string of the molecule is O=C(OCc1ccccc1)N1CCN[C@H](CCOc2cc(F)cc(C(F)(F)F)c2)C1. The normalized spacial score (nSPS) is 16.9. The number of nitrogens with zero attached hydrogens (tertiary/aromatic N) is 1. The number of hydrogen-bond acceptors (Lipinski definition) is 4. The van der Waals surface area contributed by atoms with Gasteiger partial charge in [0.15, 0.2) is 0 Å². The van der Waals surface area contributed by atoms with Crippen LogP contribution >= 0.6 is 0 Å². The molecule has 1 fully saturated rings. The fraction of sp³-hybridized carbons (Fsp3) is 0.381. The number of halogens is 4. The minimum Gasteiger partial charge on any atom is -0.493 e. The summed E-state index contributed by atoms with van der Waals surface area (Å²) < 4.78 is 62.4. The summed E-state index contributed by atoms with van der Waals surface area (Å²) in [6.45, 7) is 1.69. The molecule has 1 atom stereocenters. The van der Waals surface area contributed by atoms with Crippen LogP contribution in [0.5, 0.6) is 5.75 Å². The maximum atomic E-state index is 13.4. The van der Waals surface area contributed by atoms with Crippen LogP contribution < -0.4 is 10.1 Å². The molecular formula is C21H22F4N2O3. The molecule has 30 heavy (non-hydrogen) atoms. The summed E-state index contributed by atoms with van der Waals surface area (Å²) in [7, 11) is 0. The Hall–Kier alpha value is -2.81. The first-order valence-corrected chi connectivity index (χ1v) is 9.51. The predicted molar refractivity (Wildman–Crippen MR) is 102 cm³/mol. The van der Waals surface area contributed by atoms with Crippen LogP contribution in [-0.2, 0) is 17.5 Å². The van der Waals surface area contributed by atoms with Crippen LogP contribution in [0.4, 0.5) is 22.4 Å². The van der Waals surface area contributed by atoms with Crippen molar-refractivity contribution in [2.45, 2.75) is 25.2 Å². The fourth-order valence-electron chi connectivity index (χ4n) is 3.12. The second kappa shape index (κ2) is 9.80. The number of nitrogens with one attached hydrogen (secondary N) is 1. The van der Waals surface area contributed by atoms with Crippen molar-refractivity contribution in [2.75, 3.05) is 26.2 Å². The smallest absolute Gasteiger partial charge is 0.416 e. The van der Waals surface area contributed by atoms with Crippen LogP contribution in [-0.4, -0.2) is 43.3 Å². The molecule has 3 rings (SSSR count). The lowest BCUT2D eigenvalue weighted by atomic mass is 10.1. The Bertz CT molecular complexity index is 846. The number of benzene rings is 2. The number of ether oxygens (including phenoxy) is 2. The van der Waals surface area contributed by atoms with Gasteiger partial charge in [-0.1, -0.05) is 30.3 Å². The number of alkyl halides is 3. The van der Waals surface area contributed by atoms with Gasteiger partial charge in [0, 0.05) is 31.7 Å². The molecule has 1 aliphatic heterocycles. The summed E-state index contributed by atoms with van der Waals surface area (Å²) in [5, 5.41) is 3.23. The van der Waals surface area contributed by atoms with E-state index in [-0.39, 0.29) is 25.0 Å². The zero-order valence-corrected chi connectivity index (χ0v) is 16.1. The molecule has 1 heterocycles. The van der Waals surface area contributed by atoms with Crippen molar-refractivity contribution >= 4 is 6.09 Å². The highest BCUT2D eigenvalue weighted by Gasteiger charge is 2.31. The zero-order valence-electron chi connectivity index (χ0n) is 16.1. The van der Waals surface area contributed by atoms with E-state index >= 15 is 0 Å². The molecule has 162 valence electrons. The van der Waals surface area contributed by atoms with Gasteiger partial charge in [0.1, 0.15) is 18.2 Å². The van der Waals surface area contributed by atoms with Gasteiger partial charge in [0.2, 0.25) is 0 Å². The molecule has 0 unspecified atom stereocenters. The molecule has 0 aliphatic carbocycles. The Kier molecular flexibility index (Phi) is 7.15. The van der Waals surface area contributed by atoms with E-state index in [1.165, 1.54) is 0 Å². The fourth-order valence-corrected chi connectivity index (χ4v) is 3.12. The predicted octanol–water partition coefficient (Wildman–Crippen LogP) is 4.22. The van der Waals surface area contributed by atoms with E-state index in [2.05, 4.69) is 5.32 Å². The minimum absolute atomic E-state index is 0.0747. The molecule has 0 spiro atoms. The van der Waals surface area contributed by atoms with Crippen molar-refractivity contribution in [2.24, 2.45) is 0 Å². The first-order chi connectivity index (χ1) is 14.3. The third-order valence-electron chi connectivity index (χ3n) is 4.65. The second-order valence-electron chi connectivity index (χ2n) is 6.95. The number of rotatable bonds is 6. The van der Waals surface area contributed by atoms with Crippen molar-refractivity contribution in [3.8, 4) is 5.75 Å². The lowest BCUT2D eigenvalue weighted by molar-refractivity contribution is -0.137.